The van der Waals surface area contributed by atoms with Crippen molar-refractivity contribution in [3.8, 4) is 11.4 Å². The third kappa shape index (κ3) is 4.96. The van der Waals surface area contributed by atoms with Crippen LogP contribution in [0, 0.1) is 0 Å². The van der Waals surface area contributed by atoms with E-state index in [-0.39, 0.29) is 0 Å². The number of hydrogen-bond acceptors (Lipinski definition) is 6. The van der Waals surface area contributed by atoms with Gasteiger partial charge < -0.3 is 15.0 Å². The normalized spacial score (nSPS) is 18.4. The van der Waals surface area contributed by atoms with Crippen LogP contribution in [0.3, 0.4) is 0 Å². The van der Waals surface area contributed by atoms with Crippen LogP contribution in [-0.2, 0) is 4.74 Å². The number of morpholine rings is 1. The molecule has 6 heteroatoms. The van der Waals surface area contributed by atoms with E-state index in [1.54, 1.807) is 0 Å². The van der Waals surface area contributed by atoms with Crippen LogP contribution in [0.15, 0.2) is 36.4 Å². The molecule has 1 aromatic heterocycles. The standard InChI is InChI=1S/C21H29N5O/c1-3-7-18(8-4-1)21-23-19(22-9-12-25-13-15-27-16-14-25)17-20(24-21)26-10-5-2-6-11-26/h1,3-4,7-8,17H,2,5-6,9-16H2,(H,22,23,24). The van der Waals surface area contributed by atoms with Gasteiger partial charge >= 0.3 is 0 Å². The van der Waals surface area contributed by atoms with Crippen molar-refractivity contribution in [1.82, 2.24) is 14.9 Å². The van der Waals surface area contributed by atoms with Gasteiger partial charge in [-0.25, -0.2) is 9.97 Å². The summed E-state index contributed by atoms with van der Waals surface area (Å²) in [5.74, 6) is 2.75. The van der Waals surface area contributed by atoms with Gasteiger partial charge in [-0.1, -0.05) is 30.3 Å². The zero-order valence-electron chi connectivity index (χ0n) is 15.9. The van der Waals surface area contributed by atoms with Gasteiger partial charge in [-0.15, -0.1) is 0 Å². The minimum Gasteiger partial charge on any atom is -0.379 e. The molecule has 2 aliphatic heterocycles. The molecule has 0 saturated carbocycles. The number of rotatable bonds is 6. The molecule has 3 heterocycles. The summed E-state index contributed by atoms with van der Waals surface area (Å²) >= 11 is 0. The van der Waals surface area contributed by atoms with Crippen molar-refractivity contribution in [1.29, 1.82) is 0 Å². The second-order valence-corrected chi connectivity index (χ2v) is 7.23. The molecule has 4 rings (SSSR count). The average Bonchev–Trinajstić information content (AvgIpc) is 2.76. The molecule has 0 radical (unpaired) electrons. The van der Waals surface area contributed by atoms with E-state index in [4.69, 9.17) is 14.7 Å². The highest BCUT2D eigenvalue weighted by atomic mass is 16.5. The fourth-order valence-corrected chi connectivity index (χ4v) is 3.69. The Hall–Kier alpha value is -2.18. The number of nitrogens with one attached hydrogen (secondary N) is 1. The van der Waals surface area contributed by atoms with Gasteiger partial charge in [0, 0.05) is 50.9 Å². The molecule has 2 aromatic rings. The Kier molecular flexibility index (Phi) is 6.17. The lowest BCUT2D eigenvalue weighted by molar-refractivity contribution is 0.0398. The zero-order chi connectivity index (χ0) is 18.3. The van der Waals surface area contributed by atoms with Crippen molar-refractivity contribution in [2.45, 2.75) is 19.3 Å². The quantitative estimate of drug-likeness (QED) is 0.847. The fourth-order valence-electron chi connectivity index (χ4n) is 3.69. The van der Waals surface area contributed by atoms with Crippen LogP contribution in [0.1, 0.15) is 19.3 Å². The number of nitrogens with zero attached hydrogens (tertiary/aromatic N) is 4. The minimum atomic E-state index is 0.799. The fraction of sp³-hybridized carbons (Fsp3) is 0.524. The van der Waals surface area contributed by atoms with Crippen molar-refractivity contribution in [3.05, 3.63) is 36.4 Å². The molecule has 0 amide bonds. The van der Waals surface area contributed by atoms with E-state index >= 15 is 0 Å². The molecule has 6 nitrogen and oxygen atoms in total. The smallest absolute Gasteiger partial charge is 0.163 e. The Bertz CT molecular complexity index is 712. The molecule has 0 atom stereocenters. The summed E-state index contributed by atoms with van der Waals surface area (Å²) in [6, 6.07) is 12.4. The maximum atomic E-state index is 5.42. The molecule has 2 fully saturated rings. The molecule has 2 aliphatic rings. The number of aromatic nitrogens is 2. The molecular formula is C21H29N5O. The highest BCUT2D eigenvalue weighted by Crippen LogP contribution is 2.24. The van der Waals surface area contributed by atoms with E-state index in [0.29, 0.717) is 0 Å². The second-order valence-electron chi connectivity index (χ2n) is 7.23. The van der Waals surface area contributed by atoms with E-state index in [1.807, 2.05) is 18.2 Å². The van der Waals surface area contributed by atoms with Crippen LogP contribution in [0.25, 0.3) is 11.4 Å². The van der Waals surface area contributed by atoms with Gasteiger partial charge in [0.25, 0.3) is 0 Å². The molecule has 0 bridgehead atoms. The molecule has 27 heavy (non-hydrogen) atoms. The lowest BCUT2D eigenvalue weighted by Crippen LogP contribution is -2.39. The summed E-state index contributed by atoms with van der Waals surface area (Å²) in [6.07, 6.45) is 3.80. The molecule has 1 aromatic carbocycles. The van der Waals surface area contributed by atoms with Crippen LogP contribution in [0.4, 0.5) is 11.6 Å². The van der Waals surface area contributed by atoms with Crippen LogP contribution in [0.5, 0.6) is 0 Å². The SMILES string of the molecule is c1ccc(-c2nc(NCCN3CCOCC3)cc(N3CCCCC3)n2)cc1. The first-order valence-corrected chi connectivity index (χ1v) is 10.1. The molecule has 1 N–H and O–H groups in total. The third-order valence-corrected chi connectivity index (χ3v) is 5.26. The Labute approximate surface area is 161 Å². The monoisotopic (exact) mass is 367 g/mol. The van der Waals surface area contributed by atoms with Gasteiger partial charge in [-0.2, -0.15) is 0 Å². The van der Waals surface area contributed by atoms with Crippen LogP contribution < -0.4 is 10.2 Å². The van der Waals surface area contributed by atoms with Gasteiger partial charge in [0.2, 0.25) is 0 Å². The summed E-state index contributed by atoms with van der Waals surface area (Å²) in [5, 5.41) is 3.52. The van der Waals surface area contributed by atoms with Crippen molar-refractivity contribution in [2.24, 2.45) is 0 Å². The lowest BCUT2D eigenvalue weighted by Gasteiger charge is -2.28. The van der Waals surface area contributed by atoms with Crippen molar-refractivity contribution in [3.63, 3.8) is 0 Å². The Morgan fingerprint density at radius 2 is 1.70 bits per heavy atom. The molecule has 2 saturated heterocycles. The van der Waals surface area contributed by atoms with Gasteiger partial charge in [-0.05, 0) is 19.3 Å². The number of benzene rings is 1. The number of anilines is 2. The average molecular weight is 367 g/mol. The number of ether oxygens (including phenoxy) is 1. The van der Waals surface area contributed by atoms with Crippen molar-refractivity contribution < 1.29 is 4.74 Å². The van der Waals surface area contributed by atoms with Crippen molar-refractivity contribution >= 4 is 11.6 Å². The number of piperidine rings is 1. The van der Waals surface area contributed by atoms with Crippen LogP contribution >= 0.6 is 0 Å². The molecule has 144 valence electrons. The second kappa shape index (κ2) is 9.15. The zero-order valence-corrected chi connectivity index (χ0v) is 15.9. The van der Waals surface area contributed by atoms with Gasteiger partial charge in [0.1, 0.15) is 11.6 Å². The highest BCUT2D eigenvalue weighted by Gasteiger charge is 2.16. The first-order chi connectivity index (χ1) is 13.4. The Morgan fingerprint density at radius 3 is 2.48 bits per heavy atom. The van der Waals surface area contributed by atoms with Gasteiger partial charge in [0.15, 0.2) is 5.82 Å². The maximum absolute atomic E-state index is 5.42. The molecule has 0 aliphatic carbocycles. The van der Waals surface area contributed by atoms with E-state index in [1.165, 1.54) is 19.3 Å². The van der Waals surface area contributed by atoms with E-state index in [9.17, 15) is 0 Å². The first kappa shape index (κ1) is 18.2. The molecular weight excluding hydrogens is 338 g/mol. The molecule has 0 spiro atoms. The largest absolute Gasteiger partial charge is 0.379 e. The summed E-state index contributed by atoms with van der Waals surface area (Å²) in [6.45, 7) is 7.75. The first-order valence-electron chi connectivity index (χ1n) is 10.1. The summed E-state index contributed by atoms with van der Waals surface area (Å²) in [4.78, 5) is 14.5. The van der Waals surface area contributed by atoms with E-state index < -0.39 is 0 Å². The lowest BCUT2D eigenvalue weighted by atomic mass is 10.1. The summed E-state index contributed by atoms with van der Waals surface area (Å²) < 4.78 is 5.42. The predicted molar refractivity (Wildman–Crippen MR) is 109 cm³/mol. The van der Waals surface area contributed by atoms with Crippen molar-refractivity contribution in [2.75, 3.05) is 62.7 Å². The van der Waals surface area contributed by atoms with E-state index in [2.05, 4.69) is 33.3 Å². The topological polar surface area (TPSA) is 53.5 Å². The maximum Gasteiger partial charge on any atom is 0.163 e. The minimum absolute atomic E-state index is 0.799. The Balaban J connectivity index is 1.50. The number of hydrogen-bond donors (Lipinski definition) is 1. The van der Waals surface area contributed by atoms with Crippen LogP contribution in [-0.4, -0.2) is 67.4 Å². The predicted octanol–water partition coefficient (Wildman–Crippen LogP) is 2.88. The molecule has 0 unspecified atom stereocenters. The summed E-state index contributed by atoms with van der Waals surface area (Å²) in [5.41, 5.74) is 1.06. The van der Waals surface area contributed by atoms with Crippen LogP contribution in [0.2, 0.25) is 0 Å². The summed E-state index contributed by atoms with van der Waals surface area (Å²) in [7, 11) is 0. The Morgan fingerprint density at radius 1 is 0.926 bits per heavy atom. The van der Waals surface area contributed by atoms with Gasteiger partial charge in [-0.3, -0.25) is 4.90 Å². The highest BCUT2D eigenvalue weighted by molar-refractivity contribution is 5.61. The van der Waals surface area contributed by atoms with Gasteiger partial charge in [0.05, 0.1) is 13.2 Å². The third-order valence-electron chi connectivity index (χ3n) is 5.26. The van der Waals surface area contributed by atoms with E-state index in [0.717, 1.165) is 75.5 Å².